The van der Waals surface area contributed by atoms with Gasteiger partial charge in [-0.05, 0) is 6.07 Å². The highest BCUT2D eigenvalue weighted by molar-refractivity contribution is 7.12. The van der Waals surface area contributed by atoms with Crippen LogP contribution < -0.4 is 5.73 Å². The van der Waals surface area contributed by atoms with Gasteiger partial charge >= 0.3 is 0 Å². The summed E-state index contributed by atoms with van der Waals surface area (Å²) >= 11 is 1.24. The molecule has 2 aromatic heterocycles. The summed E-state index contributed by atoms with van der Waals surface area (Å²) < 4.78 is 4.83. The molecular formula is C13H9N3O2S. The third kappa shape index (κ3) is 2.25. The van der Waals surface area contributed by atoms with Crippen molar-refractivity contribution in [1.29, 1.82) is 0 Å². The zero-order chi connectivity index (χ0) is 13.2. The number of hydrogen-bond acceptors (Lipinski definition) is 5. The van der Waals surface area contributed by atoms with Crippen molar-refractivity contribution in [3.63, 3.8) is 0 Å². The van der Waals surface area contributed by atoms with Gasteiger partial charge in [-0.3, -0.25) is 4.79 Å². The highest BCUT2D eigenvalue weighted by Gasteiger charge is 2.10. The van der Waals surface area contributed by atoms with E-state index in [4.69, 9.17) is 10.3 Å². The first-order chi connectivity index (χ1) is 9.24. The minimum Gasteiger partial charge on any atom is -0.364 e. The fourth-order valence-corrected chi connectivity index (χ4v) is 2.40. The summed E-state index contributed by atoms with van der Waals surface area (Å²) in [6.07, 6.45) is 1.52. The fourth-order valence-electron chi connectivity index (χ4n) is 1.72. The first-order valence-corrected chi connectivity index (χ1v) is 6.38. The predicted molar refractivity (Wildman–Crippen MR) is 71.6 cm³/mol. The number of aromatic nitrogens is 2. The molecule has 0 spiro atoms. The molecule has 0 saturated heterocycles. The molecule has 1 aromatic carbocycles. The highest BCUT2D eigenvalue weighted by atomic mass is 32.1. The summed E-state index contributed by atoms with van der Waals surface area (Å²) in [5, 5.41) is 6.00. The van der Waals surface area contributed by atoms with E-state index in [-0.39, 0.29) is 0 Å². The van der Waals surface area contributed by atoms with Crippen LogP contribution in [-0.2, 0) is 0 Å². The van der Waals surface area contributed by atoms with E-state index in [1.54, 1.807) is 6.07 Å². The molecule has 0 saturated carbocycles. The number of nitrogens with two attached hydrogens (primary N) is 1. The van der Waals surface area contributed by atoms with Gasteiger partial charge in [-0.25, -0.2) is 4.98 Å². The molecule has 94 valence electrons. The minimum atomic E-state index is -0.510. The van der Waals surface area contributed by atoms with Gasteiger partial charge in [-0.15, -0.1) is 11.3 Å². The van der Waals surface area contributed by atoms with Gasteiger partial charge in [-0.1, -0.05) is 23.4 Å². The normalized spacial score (nSPS) is 10.5. The third-order valence-corrected chi connectivity index (χ3v) is 3.46. The summed E-state index contributed by atoms with van der Waals surface area (Å²) in [6.45, 7) is 0. The molecule has 3 aromatic rings. The Morgan fingerprint density at radius 1 is 1.21 bits per heavy atom. The van der Waals surface area contributed by atoms with Gasteiger partial charge in [0.05, 0.1) is 5.69 Å². The topological polar surface area (TPSA) is 82.0 Å². The van der Waals surface area contributed by atoms with Crippen LogP contribution in [0.15, 0.2) is 46.5 Å². The highest BCUT2D eigenvalue weighted by Crippen LogP contribution is 2.26. The van der Waals surface area contributed by atoms with Crippen LogP contribution in [0.25, 0.3) is 22.5 Å². The molecule has 0 radical (unpaired) electrons. The molecular weight excluding hydrogens is 262 g/mol. The molecule has 2 heterocycles. The van der Waals surface area contributed by atoms with Crippen molar-refractivity contribution in [1.82, 2.24) is 10.1 Å². The standard InChI is InChI=1S/C13H9N3O2S/c14-12(17)13-15-11(7-19-13)9-3-1-2-8(6-9)10-4-5-18-16-10/h1-7H,(H2,14,17). The largest absolute Gasteiger partial charge is 0.364 e. The number of rotatable bonds is 3. The molecule has 0 aliphatic heterocycles. The van der Waals surface area contributed by atoms with E-state index in [1.807, 2.05) is 29.6 Å². The lowest BCUT2D eigenvalue weighted by atomic mass is 10.1. The van der Waals surface area contributed by atoms with Crippen LogP contribution in [0.3, 0.4) is 0 Å². The number of nitrogens with zero attached hydrogens (tertiary/aromatic N) is 2. The first kappa shape index (κ1) is 11.6. The minimum absolute atomic E-state index is 0.307. The summed E-state index contributed by atoms with van der Waals surface area (Å²) in [7, 11) is 0. The van der Waals surface area contributed by atoms with E-state index in [1.165, 1.54) is 17.6 Å². The summed E-state index contributed by atoms with van der Waals surface area (Å²) in [5.41, 5.74) is 8.52. The Kier molecular flexibility index (Phi) is 2.85. The Bertz CT molecular complexity index is 719. The van der Waals surface area contributed by atoms with E-state index in [9.17, 15) is 4.79 Å². The number of benzene rings is 1. The second-order valence-electron chi connectivity index (χ2n) is 3.87. The van der Waals surface area contributed by atoms with Gasteiger partial charge in [0.2, 0.25) is 0 Å². The summed E-state index contributed by atoms with van der Waals surface area (Å²) in [4.78, 5) is 15.2. The Morgan fingerprint density at radius 3 is 2.63 bits per heavy atom. The molecule has 0 atom stereocenters. The van der Waals surface area contributed by atoms with Crippen molar-refractivity contribution < 1.29 is 9.32 Å². The van der Waals surface area contributed by atoms with Gasteiger partial charge in [0.1, 0.15) is 12.0 Å². The van der Waals surface area contributed by atoms with Gasteiger partial charge in [0, 0.05) is 22.6 Å². The Balaban J connectivity index is 2.01. The molecule has 0 unspecified atom stereocenters. The molecule has 0 fully saturated rings. The van der Waals surface area contributed by atoms with Crippen LogP contribution in [0.4, 0.5) is 0 Å². The van der Waals surface area contributed by atoms with Crippen LogP contribution in [0.5, 0.6) is 0 Å². The van der Waals surface area contributed by atoms with Gasteiger partial charge in [-0.2, -0.15) is 0 Å². The van der Waals surface area contributed by atoms with Crippen molar-refractivity contribution in [3.05, 3.63) is 47.0 Å². The number of primary amides is 1. The van der Waals surface area contributed by atoms with Crippen molar-refractivity contribution in [2.75, 3.05) is 0 Å². The van der Waals surface area contributed by atoms with Crippen molar-refractivity contribution in [3.8, 4) is 22.5 Å². The van der Waals surface area contributed by atoms with Gasteiger partial charge in [0.15, 0.2) is 5.01 Å². The summed E-state index contributed by atoms with van der Waals surface area (Å²) in [5.74, 6) is -0.510. The van der Waals surface area contributed by atoms with Crippen LogP contribution in [0.1, 0.15) is 9.80 Å². The van der Waals surface area contributed by atoms with Crippen molar-refractivity contribution >= 4 is 17.2 Å². The quantitative estimate of drug-likeness (QED) is 0.793. The van der Waals surface area contributed by atoms with Crippen LogP contribution >= 0.6 is 11.3 Å². The molecule has 6 heteroatoms. The molecule has 0 bridgehead atoms. The third-order valence-electron chi connectivity index (χ3n) is 2.61. The molecule has 1 amide bonds. The van der Waals surface area contributed by atoms with Gasteiger partial charge in [0.25, 0.3) is 5.91 Å². The Morgan fingerprint density at radius 2 is 2.00 bits per heavy atom. The maximum absolute atomic E-state index is 11.0. The Labute approximate surface area is 112 Å². The lowest BCUT2D eigenvalue weighted by Crippen LogP contribution is -2.10. The maximum atomic E-state index is 11.0. The number of hydrogen-bond donors (Lipinski definition) is 1. The van der Waals surface area contributed by atoms with E-state index in [0.717, 1.165) is 22.5 Å². The van der Waals surface area contributed by atoms with E-state index in [2.05, 4.69) is 10.1 Å². The van der Waals surface area contributed by atoms with Crippen LogP contribution in [0.2, 0.25) is 0 Å². The number of amides is 1. The maximum Gasteiger partial charge on any atom is 0.277 e. The smallest absolute Gasteiger partial charge is 0.277 e. The van der Waals surface area contributed by atoms with Gasteiger partial charge < -0.3 is 10.3 Å². The zero-order valence-corrected chi connectivity index (χ0v) is 10.6. The zero-order valence-electron chi connectivity index (χ0n) is 9.74. The predicted octanol–water partition coefficient (Wildman–Crippen LogP) is 2.56. The van der Waals surface area contributed by atoms with E-state index in [0.29, 0.717) is 5.01 Å². The molecule has 2 N–H and O–H groups in total. The van der Waals surface area contributed by atoms with Crippen molar-refractivity contribution in [2.45, 2.75) is 0 Å². The molecule has 0 aliphatic carbocycles. The van der Waals surface area contributed by atoms with Crippen molar-refractivity contribution in [2.24, 2.45) is 5.73 Å². The molecule has 5 nitrogen and oxygen atoms in total. The SMILES string of the molecule is NC(=O)c1nc(-c2cccc(-c3ccon3)c2)cs1. The van der Waals surface area contributed by atoms with Crippen LogP contribution in [-0.4, -0.2) is 16.0 Å². The van der Waals surface area contributed by atoms with E-state index >= 15 is 0 Å². The number of carbonyl (C=O) groups is 1. The first-order valence-electron chi connectivity index (χ1n) is 5.50. The molecule has 3 rings (SSSR count). The lowest BCUT2D eigenvalue weighted by molar-refractivity contribution is 0.1000. The summed E-state index contributed by atoms with van der Waals surface area (Å²) in [6, 6.07) is 9.49. The monoisotopic (exact) mass is 271 g/mol. The lowest BCUT2D eigenvalue weighted by Gasteiger charge is -1.99. The average Bonchev–Trinajstić information content (AvgIpc) is 3.10. The Hall–Kier alpha value is -2.47. The average molecular weight is 271 g/mol. The second-order valence-corrected chi connectivity index (χ2v) is 4.73. The molecule has 0 aliphatic rings. The number of thiazole rings is 1. The molecule has 19 heavy (non-hydrogen) atoms. The van der Waals surface area contributed by atoms with E-state index < -0.39 is 5.91 Å². The number of carbonyl (C=O) groups excluding carboxylic acids is 1. The fraction of sp³-hybridized carbons (Fsp3) is 0. The second kappa shape index (κ2) is 4.66. The van der Waals surface area contributed by atoms with Crippen LogP contribution in [0, 0.1) is 0 Å².